The van der Waals surface area contributed by atoms with Gasteiger partial charge in [0.05, 0.1) is 17.1 Å². The first-order chi connectivity index (χ1) is 8.67. The van der Waals surface area contributed by atoms with Gasteiger partial charge in [0.15, 0.2) is 17.2 Å². The van der Waals surface area contributed by atoms with Gasteiger partial charge in [-0.2, -0.15) is 5.26 Å². The van der Waals surface area contributed by atoms with Crippen molar-refractivity contribution < 1.29 is 13.9 Å². The number of hydrogen-bond donors (Lipinski definition) is 0. The quantitative estimate of drug-likeness (QED) is 0.782. The third kappa shape index (κ3) is 2.82. The van der Waals surface area contributed by atoms with Gasteiger partial charge in [0.2, 0.25) is 0 Å². The number of ether oxygens (including phenoxy) is 2. The summed E-state index contributed by atoms with van der Waals surface area (Å²) in [4.78, 5) is 0. The van der Waals surface area contributed by atoms with Crippen molar-refractivity contribution in [3.05, 3.63) is 28.5 Å². The lowest BCUT2D eigenvalue weighted by Gasteiger charge is -2.34. The maximum Gasteiger partial charge on any atom is 0.179 e. The molecule has 1 aromatic rings. The molecule has 1 aliphatic rings. The lowest BCUT2D eigenvalue weighted by molar-refractivity contribution is -0.0646. The van der Waals surface area contributed by atoms with Gasteiger partial charge in [-0.3, -0.25) is 0 Å². The Morgan fingerprint density at radius 1 is 1.39 bits per heavy atom. The summed E-state index contributed by atoms with van der Waals surface area (Å²) in [6.45, 7) is 0.524. The largest absolute Gasteiger partial charge is 0.488 e. The van der Waals surface area contributed by atoms with Crippen LogP contribution in [-0.2, 0) is 4.74 Å². The summed E-state index contributed by atoms with van der Waals surface area (Å²) in [6.07, 6.45) is 2.57. The van der Waals surface area contributed by atoms with E-state index in [1.165, 1.54) is 0 Å². The molecule has 1 saturated carbocycles. The highest BCUT2D eigenvalue weighted by atomic mass is 79.9. The molecule has 0 aromatic heterocycles. The van der Waals surface area contributed by atoms with Crippen LogP contribution in [0.15, 0.2) is 22.7 Å². The Labute approximate surface area is 114 Å². The summed E-state index contributed by atoms with van der Waals surface area (Å²) >= 11 is 3.09. The average Bonchev–Trinajstić information content (AvgIpc) is 2.32. The molecule has 0 radical (unpaired) electrons. The van der Waals surface area contributed by atoms with E-state index in [0.29, 0.717) is 11.1 Å². The van der Waals surface area contributed by atoms with Gasteiger partial charge in [-0.25, -0.2) is 4.39 Å². The van der Waals surface area contributed by atoms with E-state index < -0.39 is 11.4 Å². The van der Waals surface area contributed by atoms with Crippen LogP contribution < -0.4 is 4.74 Å². The van der Waals surface area contributed by atoms with Crippen LogP contribution in [-0.4, -0.2) is 18.8 Å². The van der Waals surface area contributed by atoms with E-state index in [1.807, 2.05) is 0 Å². The zero-order valence-electron chi connectivity index (χ0n) is 9.79. The molecule has 1 aromatic carbocycles. The molecule has 0 aliphatic heterocycles. The van der Waals surface area contributed by atoms with Crippen LogP contribution in [0.5, 0.6) is 5.75 Å². The van der Waals surface area contributed by atoms with Gasteiger partial charge < -0.3 is 9.47 Å². The fourth-order valence-electron chi connectivity index (χ4n) is 1.77. The lowest BCUT2D eigenvalue weighted by Crippen LogP contribution is -2.39. The molecule has 96 valence electrons. The maximum atomic E-state index is 13.5. The first-order valence-electron chi connectivity index (χ1n) is 5.79. The number of rotatable bonds is 5. The highest BCUT2D eigenvalue weighted by Gasteiger charge is 2.38. The standard InChI is InChI=1S/C13H13BrFNO2/c14-10-3-1-4-11(12(10)15)17-7-8-18-13(9-16)5-2-6-13/h1,3-4H,2,5-8H2. The molecule has 0 heterocycles. The van der Waals surface area contributed by atoms with Crippen LogP contribution in [0, 0.1) is 17.1 Å². The number of halogens is 2. The van der Waals surface area contributed by atoms with Crippen molar-refractivity contribution in [1.82, 2.24) is 0 Å². The van der Waals surface area contributed by atoms with E-state index in [9.17, 15) is 4.39 Å². The zero-order chi connectivity index (χ0) is 13.0. The van der Waals surface area contributed by atoms with Crippen molar-refractivity contribution in [2.45, 2.75) is 24.9 Å². The van der Waals surface area contributed by atoms with E-state index >= 15 is 0 Å². The average molecular weight is 314 g/mol. The van der Waals surface area contributed by atoms with Crippen molar-refractivity contribution >= 4 is 15.9 Å². The summed E-state index contributed by atoms with van der Waals surface area (Å²) in [5, 5.41) is 8.95. The molecule has 2 rings (SSSR count). The molecular formula is C13H13BrFNO2. The van der Waals surface area contributed by atoms with Crippen molar-refractivity contribution in [3.8, 4) is 11.8 Å². The summed E-state index contributed by atoms with van der Waals surface area (Å²) in [5.74, 6) is -0.233. The van der Waals surface area contributed by atoms with Crippen molar-refractivity contribution in [3.63, 3.8) is 0 Å². The Morgan fingerprint density at radius 3 is 2.78 bits per heavy atom. The second-order valence-electron chi connectivity index (χ2n) is 4.21. The van der Waals surface area contributed by atoms with Gasteiger partial charge in [-0.1, -0.05) is 6.07 Å². The summed E-state index contributed by atoms with van der Waals surface area (Å²) < 4.78 is 24.7. The van der Waals surface area contributed by atoms with Gasteiger partial charge in [0, 0.05) is 0 Å². The fourth-order valence-corrected chi connectivity index (χ4v) is 2.12. The Balaban J connectivity index is 1.79. The summed E-state index contributed by atoms with van der Waals surface area (Å²) in [6, 6.07) is 7.04. The number of benzene rings is 1. The molecule has 0 saturated heterocycles. The van der Waals surface area contributed by atoms with Crippen LogP contribution in [0.1, 0.15) is 19.3 Å². The van der Waals surface area contributed by atoms with Crippen molar-refractivity contribution in [1.29, 1.82) is 5.26 Å². The van der Waals surface area contributed by atoms with E-state index in [0.717, 1.165) is 19.3 Å². The second kappa shape index (κ2) is 5.68. The van der Waals surface area contributed by atoms with Crippen LogP contribution in [0.4, 0.5) is 4.39 Å². The van der Waals surface area contributed by atoms with Crippen molar-refractivity contribution in [2.24, 2.45) is 0 Å². The van der Waals surface area contributed by atoms with E-state index in [4.69, 9.17) is 14.7 Å². The molecule has 3 nitrogen and oxygen atoms in total. The lowest BCUT2D eigenvalue weighted by atomic mass is 9.81. The predicted molar refractivity (Wildman–Crippen MR) is 67.7 cm³/mol. The first-order valence-corrected chi connectivity index (χ1v) is 6.58. The van der Waals surface area contributed by atoms with Gasteiger partial charge in [0.1, 0.15) is 6.61 Å². The Kier molecular flexibility index (Phi) is 4.20. The predicted octanol–water partition coefficient (Wildman–Crippen LogP) is 3.43. The second-order valence-corrected chi connectivity index (χ2v) is 5.06. The minimum atomic E-state index is -0.626. The minimum absolute atomic E-state index is 0.188. The smallest absolute Gasteiger partial charge is 0.179 e. The topological polar surface area (TPSA) is 42.2 Å². The molecule has 5 heteroatoms. The van der Waals surface area contributed by atoms with Gasteiger partial charge >= 0.3 is 0 Å². The minimum Gasteiger partial charge on any atom is -0.488 e. The van der Waals surface area contributed by atoms with Crippen LogP contribution in [0.3, 0.4) is 0 Å². The van der Waals surface area contributed by atoms with Crippen LogP contribution >= 0.6 is 15.9 Å². The molecule has 0 spiro atoms. The molecule has 0 amide bonds. The van der Waals surface area contributed by atoms with E-state index in [-0.39, 0.29) is 12.4 Å². The number of nitriles is 1. The van der Waals surface area contributed by atoms with Gasteiger partial charge in [-0.15, -0.1) is 0 Å². The molecule has 1 aliphatic carbocycles. The third-order valence-electron chi connectivity index (χ3n) is 3.00. The van der Waals surface area contributed by atoms with Gasteiger partial charge in [-0.05, 0) is 47.3 Å². The maximum absolute atomic E-state index is 13.5. The molecule has 0 bridgehead atoms. The Bertz CT molecular complexity index is 469. The van der Waals surface area contributed by atoms with Gasteiger partial charge in [0.25, 0.3) is 0 Å². The molecular weight excluding hydrogens is 301 g/mol. The first kappa shape index (κ1) is 13.3. The summed E-state index contributed by atoms with van der Waals surface area (Å²) in [7, 11) is 0. The molecule has 0 atom stereocenters. The SMILES string of the molecule is N#CC1(OCCOc2cccc(Br)c2F)CCC1. The third-order valence-corrected chi connectivity index (χ3v) is 3.61. The number of hydrogen-bond acceptors (Lipinski definition) is 3. The monoisotopic (exact) mass is 313 g/mol. The van der Waals surface area contributed by atoms with Crippen molar-refractivity contribution in [2.75, 3.05) is 13.2 Å². The highest BCUT2D eigenvalue weighted by Crippen LogP contribution is 2.34. The molecule has 0 N–H and O–H groups in total. The van der Waals surface area contributed by atoms with E-state index in [2.05, 4.69) is 22.0 Å². The van der Waals surface area contributed by atoms with E-state index in [1.54, 1.807) is 18.2 Å². The summed E-state index contributed by atoms with van der Waals surface area (Å²) in [5.41, 5.74) is -0.626. The van der Waals surface area contributed by atoms with Crippen LogP contribution in [0.2, 0.25) is 0 Å². The Morgan fingerprint density at radius 2 is 2.17 bits per heavy atom. The molecule has 18 heavy (non-hydrogen) atoms. The molecule has 0 unspecified atom stereocenters. The normalized spacial score (nSPS) is 16.7. The Hall–Kier alpha value is -1.12. The molecule has 1 fully saturated rings. The van der Waals surface area contributed by atoms with Crippen LogP contribution in [0.25, 0.3) is 0 Å². The zero-order valence-corrected chi connectivity index (χ0v) is 11.4. The highest BCUT2D eigenvalue weighted by molar-refractivity contribution is 9.10. The fraction of sp³-hybridized carbons (Fsp3) is 0.462. The number of nitrogens with zero attached hydrogens (tertiary/aromatic N) is 1.